The van der Waals surface area contributed by atoms with E-state index in [-0.39, 0.29) is 0 Å². The molecule has 0 aromatic rings. The summed E-state index contributed by atoms with van der Waals surface area (Å²) < 4.78 is 0.692. The van der Waals surface area contributed by atoms with Gasteiger partial charge >= 0.3 is 0 Å². The van der Waals surface area contributed by atoms with Gasteiger partial charge in [0.15, 0.2) is 0 Å². The van der Waals surface area contributed by atoms with Crippen LogP contribution in [0.1, 0.15) is 26.7 Å². The second-order valence-electron chi connectivity index (χ2n) is 2.10. The Hall–Kier alpha value is 0.470. The number of halogens is 1. The average molecular weight is 224 g/mol. The van der Waals surface area contributed by atoms with Crippen LogP contribution in [0.3, 0.4) is 0 Å². The lowest BCUT2D eigenvalue weighted by molar-refractivity contribution is 0.822. The smallest absolute Gasteiger partial charge is 0.0313 e. The molecule has 0 aliphatic carbocycles. The van der Waals surface area contributed by atoms with Crippen molar-refractivity contribution in [2.45, 2.75) is 30.6 Å². The minimum absolute atomic E-state index is 0.692. The van der Waals surface area contributed by atoms with Crippen LogP contribution in [0.15, 0.2) is 12.2 Å². The van der Waals surface area contributed by atoms with Gasteiger partial charge in [-0.25, -0.2) is 0 Å². The van der Waals surface area contributed by atoms with E-state index >= 15 is 0 Å². The van der Waals surface area contributed by atoms with Crippen LogP contribution in [0.25, 0.3) is 0 Å². The normalized spacial score (nSPS) is 13.4. The van der Waals surface area contributed by atoms with Gasteiger partial charge in [0.25, 0.3) is 0 Å². The highest BCUT2D eigenvalue weighted by Crippen LogP contribution is 2.15. The first kappa shape index (κ1) is 8.47. The first-order chi connectivity index (χ1) is 3.68. The van der Waals surface area contributed by atoms with Gasteiger partial charge in [0.2, 0.25) is 0 Å². The van der Waals surface area contributed by atoms with Crippen molar-refractivity contribution >= 4 is 22.6 Å². The van der Waals surface area contributed by atoms with Gasteiger partial charge in [0, 0.05) is 3.92 Å². The summed E-state index contributed by atoms with van der Waals surface area (Å²) in [7, 11) is 0. The first-order valence-electron chi connectivity index (χ1n) is 2.98. The largest absolute Gasteiger partial charge is 0.0991 e. The molecule has 0 aliphatic rings. The molecular formula is C7H13I. The van der Waals surface area contributed by atoms with E-state index in [1.807, 2.05) is 0 Å². The Morgan fingerprint density at radius 2 is 2.25 bits per heavy atom. The zero-order valence-electron chi connectivity index (χ0n) is 5.58. The molecular weight excluding hydrogens is 211 g/mol. The van der Waals surface area contributed by atoms with Crippen LogP contribution in [0.2, 0.25) is 0 Å². The third kappa shape index (κ3) is 3.47. The van der Waals surface area contributed by atoms with Crippen LogP contribution >= 0.6 is 22.6 Å². The molecule has 1 atom stereocenters. The molecule has 1 heteroatoms. The third-order valence-electron chi connectivity index (χ3n) is 1.08. The van der Waals surface area contributed by atoms with Gasteiger partial charge in [0.05, 0.1) is 0 Å². The number of hydrogen-bond acceptors (Lipinski definition) is 0. The summed E-state index contributed by atoms with van der Waals surface area (Å²) in [6, 6.07) is 0. The zero-order valence-corrected chi connectivity index (χ0v) is 7.73. The molecule has 0 radical (unpaired) electrons. The second kappa shape index (κ2) is 4.36. The predicted molar refractivity (Wildman–Crippen MR) is 47.5 cm³/mol. The van der Waals surface area contributed by atoms with Crippen molar-refractivity contribution in [2.24, 2.45) is 0 Å². The molecule has 8 heavy (non-hydrogen) atoms. The summed E-state index contributed by atoms with van der Waals surface area (Å²) in [4.78, 5) is 0. The van der Waals surface area contributed by atoms with E-state index in [0.717, 1.165) is 0 Å². The van der Waals surface area contributed by atoms with Crippen molar-refractivity contribution < 1.29 is 0 Å². The Bertz CT molecular complexity index is 76.5. The number of rotatable bonds is 3. The number of alkyl halides is 1. The maximum Gasteiger partial charge on any atom is 0.0313 e. The lowest BCUT2D eigenvalue weighted by Gasteiger charge is -2.04. The molecule has 0 spiro atoms. The topological polar surface area (TPSA) is 0 Å². The fraction of sp³-hybridized carbons (Fsp3) is 0.714. The monoisotopic (exact) mass is 224 g/mol. The van der Waals surface area contributed by atoms with E-state index in [2.05, 4.69) is 43.0 Å². The summed E-state index contributed by atoms with van der Waals surface area (Å²) in [5.74, 6) is 0. The molecule has 0 N–H and O–H groups in total. The van der Waals surface area contributed by atoms with Crippen LogP contribution < -0.4 is 0 Å². The maximum atomic E-state index is 3.87. The SMILES string of the molecule is C=C(C)C(I)CCC. The summed E-state index contributed by atoms with van der Waals surface area (Å²) in [6.45, 7) is 8.16. The fourth-order valence-corrected chi connectivity index (χ4v) is 1.12. The maximum absolute atomic E-state index is 3.87. The molecule has 0 saturated carbocycles. The molecule has 48 valence electrons. The van der Waals surface area contributed by atoms with E-state index in [1.165, 1.54) is 18.4 Å². The molecule has 0 aromatic heterocycles. The van der Waals surface area contributed by atoms with Crippen molar-refractivity contribution in [3.8, 4) is 0 Å². The number of allylic oxidation sites excluding steroid dienone is 1. The molecule has 1 unspecified atom stereocenters. The van der Waals surface area contributed by atoms with Crippen molar-refractivity contribution in [2.75, 3.05) is 0 Å². The second-order valence-corrected chi connectivity index (χ2v) is 3.61. The highest BCUT2D eigenvalue weighted by atomic mass is 127. The Morgan fingerprint density at radius 1 is 1.75 bits per heavy atom. The van der Waals surface area contributed by atoms with Crippen LogP contribution in [0, 0.1) is 0 Å². The highest BCUT2D eigenvalue weighted by Gasteiger charge is 1.99. The van der Waals surface area contributed by atoms with E-state index < -0.39 is 0 Å². The van der Waals surface area contributed by atoms with E-state index in [1.54, 1.807) is 0 Å². The van der Waals surface area contributed by atoms with E-state index in [9.17, 15) is 0 Å². The Balaban J connectivity index is 3.32. The molecule has 0 fully saturated rings. The zero-order chi connectivity index (χ0) is 6.57. The van der Waals surface area contributed by atoms with Crippen LogP contribution in [0.4, 0.5) is 0 Å². The molecule has 0 saturated heterocycles. The molecule has 0 amide bonds. The van der Waals surface area contributed by atoms with Crippen LogP contribution in [-0.2, 0) is 0 Å². The Morgan fingerprint density at radius 3 is 2.38 bits per heavy atom. The van der Waals surface area contributed by atoms with Crippen LogP contribution in [0.5, 0.6) is 0 Å². The lowest BCUT2D eigenvalue weighted by Crippen LogP contribution is -1.95. The van der Waals surface area contributed by atoms with Gasteiger partial charge in [-0.05, 0) is 13.3 Å². The van der Waals surface area contributed by atoms with E-state index in [0.29, 0.717) is 3.92 Å². The summed E-state index contributed by atoms with van der Waals surface area (Å²) in [6.07, 6.45) is 2.54. The molecule has 0 nitrogen and oxygen atoms in total. The van der Waals surface area contributed by atoms with Crippen molar-refractivity contribution in [1.29, 1.82) is 0 Å². The minimum atomic E-state index is 0.692. The first-order valence-corrected chi connectivity index (χ1v) is 4.22. The molecule has 0 rings (SSSR count). The lowest BCUT2D eigenvalue weighted by atomic mass is 10.2. The quantitative estimate of drug-likeness (QED) is 0.392. The molecule has 0 heterocycles. The molecule has 0 bridgehead atoms. The van der Waals surface area contributed by atoms with Crippen LogP contribution in [-0.4, -0.2) is 3.92 Å². The number of hydrogen-bond donors (Lipinski definition) is 0. The predicted octanol–water partition coefficient (Wildman–Crippen LogP) is 3.17. The van der Waals surface area contributed by atoms with Gasteiger partial charge in [-0.1, -0.05) is 48.1 Å². The third-order valence-corrected chi connectivity index (χ3v) is 2.76. The van der Waals surface area contributed by atoms with Crippen molar-refractivity contribution in [3.05, 3.63) is 12.2 Å². The Kier molecular flexibility index (Phi) is 4.61. The minimum Gasteiger partial charge on any atom is -0.0991 e. The fourth-order valence-electron chi connectivity index (χ4n) is 0.500. The van der Waals surface area contributed by atoms with Crippen molar-refractivity contribution in [1.82, 2.24) is 0 Å². The summed E-state index contributed by atoms with van der Waals surface area (Å²) >= 11 is 2.43. The molecule has 0 aliphatic heterocycles. The highest BCUT2D eigenvalue weighted by molar-refractivity contribution is 14.1. The van der Waals surface area contributed by atoms with Gasteiger partial charge in [-0.3, -0.25) is 0 Å². The standard InChI is InChI=1S/C7H13I/c1-4-5-7(8)6(2)3/h7H,2,4-5H2,1,3H3. The molecule has 0 aromatic carbocycles. The summed E-state index contributed by atoms with van der Waals surface area (Å²) in [5, 5.41) is 0. The summed E-state index contributed by atoms with van der Waals surface area (Å²) in [5.41, 5.74) is 1.30. The van der Waals surface area contributed by atoms with E-state index in [4.69, 9.17) is 0 Å². The van der Waals surface area contributed by atoms with Gasteiger partial charge in [-0.15, -0.1) is 0 Å². The van der Waals surface area contributed by atoms with Gasteiger partial charge < -0.3 is 0 Å². The Labute approximate surface area is 65.5 Å². The van der Waals surface area contributed by atoms with Gasteiger partial charge in [-0.2, -0.15) is 0 Å². The van der Waals surface area contributed by atoms with Crippen molar-refractivity contribution in [3.63, 3.8) is 0 Å². The average Bonchev–Trinajstić information content (AvgIpc) is 1.67. The van der Waals surface area contributed by atoms with Gasteiger partial charge in [0.1, 0.15) is 0 Å².